The van der Waals surface area contributed by atoms with Gasteiger partial charge in [-0.05, 0) is 25.0 Å². The molecule has 0 aromatic heterocycles. The second-order valence-corrected chi connectivity index (χ2v) is 5.50. The van der Waals surface area contributed by atoms with E-state index < -0.39 is 11.8 Å². The van der Waals surface area contributed by atoms with Crippen LogP contribution in [-0.4, -0.2) is 17.9 Å². The highest BCUT2D eigenvalue weighted by Crippen LogP contribution is 2.20. The van der Waals surface area contributed by atoms with Crippen LogP contribution in [0.2, 0.25) is 5.02 Å². The molecule has 0 aliphatic heterocycles. The van der Waals surface area contributed by atoms with Crippen molar-refractivity contribution in [2.75, 3.05) is 5.32 Å². The summed E-state index contributed by atoms with van der Waals surface area (Å²) in [4.78, 5) is 23.7. The lowest BCUT2D eigenvalue weighted by Crippen LogP contribution is -2.41. The molecule has 4 nitrogen and oxygen atoms in total. The van der Waals surface area contributed by atoms with Crippen molar-refractivity contribution in [2.24, 2.45) is 0 Å². The zero-order chi connectivity index (χ0) is 14.4. The van der Waals surface area contributed by atoms with Crippen molar-refractivity contribution in [3.8, 4) is 0 Å². The maximum absolute atomic E-state index is 11.9. The van der Waals surface area contributed by atoms with Gasteiger partial charge in [0.25, 0.3) is 0 Å². The van der Waals surface area contributed by atoms with Crippen molar-refractivity contribution in [1.82, 2.24) is 5.32 Å². The minimum absolute atomic E-state index is 0.113. The van der Waals surface area contributed by atoms with Crippen LogP contribution in [0.4, 0.5) is 5.69 Å². The number of carbonyl (C=O) groups excluding carboxylic acids is 2. The van der Waals surface area contributed by atoms with E-state index in [1.807, 2.05) is 0 Å². The average Bonchev–Trinajstić information content (AvgIpc) is 2.70. The number of benzene rings is 1. The highest BCUT2D eigenvalue weighted by Gasteiger charge is 2.20. The van der Waals surface area contributed by atoms with Crippen molar-refractivity contribution in [2.45, 2.75) is 44.6 Å². The molecule has 0 radical (unpaired) electrons. The number of rotatable bonds is 2. The molecular formula is C15H19ClN2O2. The fourth-order valence-corrected chi connectivity index (χ4v) is 2.60. The van der Waals surface area contributed by atoms with Crippen LogP contribution in [0.25, 0.3) is 0 Å². The van der Waals surface area contributed by atoms with Gasteiger partial charge >= 0.3 is 11.8 Å². The second kappa shape index (κ2) is 7.29. The Morgan fingerprint density at radius 3 is 2.30 bits per heavy atom. The Morgan fingerprint density at radius 2 is 1.65 bits per heavy atom. The molecule has 1 saturated carbocycles. The van der Waals surface area contributed by atoms with Crippen LogP contribution < -0.4 is 10.6 Å². The van der Waals surface area contributed by atoms with E-state index in [0.29, 0.717) is 10.7 Å². The Balaban J connectivity index is 1.88. The van der Waals surface area contributed by atoms with Crippen molar-refractivity contribution >= 4 is 29.1 Å². The van der Waals surface area contributed by atoms with Crippen LogP contribution in [0.1, 0.15) is 38.5 Å². The lowest BCUT2D eigenvalue weighted by Gasteiger charge is -2.16. The topological polar surface area (TPSA) is 58.2 Å². The summed E-state index contributed by atoms with van der Waals surface area (Å²) < 4.78 is 0. The maximum atomic E-state index is 11.9. The lowest BCUT2D eigenvalue weighted by molar-refractivity contribution is -0.136. The van der Waals surface area contributed by atoms with E-state index in [1.54, 1.807) is 24.3 Å². The van der Waals surface area contributed by atoms with E-state index in [-0.39, 0.29) is 6.04 Å². The number of carbonyl (C=O) groups is 2. The van der Waals surface area contributed by atoms with Crippen molar-refractivity contribution in [3.05, 3.63) is 29.3 Å². The number of amides is 2. The van der Waals surface area contributed by atoms with Gasteiger partial charge in [0.05, 0.1) is 10.7 Å². The second-order valence-electron chi connectivity index (χ2n) is 5.10. The summed E-state index contributed by atoms with van der Waals surface area (Å²) >= 11 is 5.94. The molecule has 2 amide bonds. The van der Waals surface area contributed by atoms with Gasteiger partial charge in [-0.2, -0.15) is 0 Å². The molecule has 0 unspecified atom stereocenters. The number of hydrogen-bond acceptors (Lipinski definition) is 2. The van der Waals surface area contributed by atoms with E-state index in [4.69, 9.17) is 11.6 Å². The highest BCUT2D eigenvalue weighted by atomic mass is 35.5. The molecule has 0 saturated heterocycles. The van der Waals surface area contributed by atoms with E-state index in [1.165, 1.54) is 12.8 Å². The fourth-order valence-electron chi connectivity index (χ4n) is 2.42. The highest BCUT2D eigenvalue weighted by molar-refractivity contribution is 6.41. The summed E-state index contributed by atoms with van der Waals surface area (Å²) in [6.07, 6.45) is 6.53. The first-order valence-corrected chi connectivity index (χ1v) is 7.41. The smallest absolute Gasteiger partial charge is 0.313 e. The molecule has 5 heteroatoms. The van der Waals surface area contributed by atoms with Crippen LogP contribution in [-0.2, 0) is 9.59 Å². The number of hydrogen-bond donors (Lipinski definition) is 2. The quantitative estimate of drug-likeness (QED) is 0.650. The number of anilines is 1. The van der Waals surface area contributed by atoms with E-state index in [9.17, 15) is 9.59 Å². The summed E-state index contributed by atoms with van der Waals surface area (Å²) in [5, 5.41) is 5.76. The molecule has 0 heterocycles. The Bertz CT molecular complexity index is 483. The van der Waals surface area contributed by atoms with Crippen molar-refractivity contribution in [1.29, 1.82) is 0 Å². The SMILES string of the molecule is O=C(Nc1ccccc1Cl)C(=O)NC1CCCCCC1. The number of nitrogens with one attached hydrogen (secondary N) is 2. The largest absolute Gasteiger partial charge is 0.345 e. The summed E-state index contributed by atoms with van der Waals surface area (Å²) in [6, 6.07) is 6.97. The van der Waals surface area contributed by atoms with Gasteiger partial charge in [0.2, 0.25) is 0 Å². The molecule has 1 fully saturated rings. The molecular weight excluding hydrogens is 276 g/mol. The summed E-state index contributed by atoms with van der Waals surface area (Å²) in [5.41, 5.74) is 0.454. The number of halogens is 1. The molecule has 1 aromatic carbocycles. The molecule has 1 aliphatic rings. The van der Waals surface area contributed by atoms with Gasteiger partial charge in [-0.1, -0.05) is 49.4 Å². The van der Waals surface area contributed by atoms with Crippen LogP contribution in [0.15, 0.2) is 24.3 Å². The molecule has 0 bridgehead atoms. The molecule has 1 aliphatic carbocycles. The third-order valence-corrected chi connectivity index (χ3v) is 3.85. The number of para-hydroxylation sites is 1. The standard InChI is InChI=1S/C15H19ClN2O2/c16-12-9-5-6-10-13(12)18-15(20)14(19)17-11-7-3-1-2-4-8-11/h5-6,9-11H,1-4,7-8H2,(H,17,19)(H,18,20). The zero-order valence-electron chi connectivity index (χ0n) is 11.3. The fraction of sp³-hybridized carbons (Fsp3) is 0.467. The Hall–Kier alpha value is -1.55. The Kier molecular flexibility index (Phi) is 5.41. The third-order valence-electron chi connectivity index (χ3n) is 3.52. The maximum Gasteiger partial charge on any atom is 0.313 e. The average molecular weight is 295 g/mol. The van der Waals surface area contributed by atoms with Crippen LogP contribution in [0, 0.1) is 0 Å². The predicted molar refractivity (Wildman–Crippen MR) is 79.7 cm³/mol. The molecule has 2 rings (SSSR count). The Labute approximate surface area is 123 Å². The molecule has 2 N–H and O–H groups in total. The summed E-state index contributed by atoms with van der Waals surface area (Å²) in [7, 11) is 0. The first kappa shape index (κ1) is 14.9. The van der Waals surface area contributed by atoms with Gasteiger partial charge in [0, 0.05) is 6.04 Å². The molecule has 20 heavy (non-hydrogen) atoms. The minimum atomic E-state index is -0.664. The van der Waals surface area contributed by atoms with Gasteiger partial charge in [-0.15, -0.1) is 0 Å². The monoisotopic (exact) mass is 294 g/mol. The third kappa shape index (κ3) is 4.23. The minimum Gasteiger partial charge on any atom is -0.345 e. The van der Waals surface area contributed by atoms with Crippen molar-refractivity contribution in [3.63, 3.8) is 0 Å². The summed E-state index contributed by atoms with van der Waals surface area (Å²) in [5.74, 6) is -1.25. The first-order chi connectivity index (χ1) is 9.66. The van der Waals surface area contributed by atoms with Crippen molar-refractivity contribution < 1.29 is 9.59 Å². The van der Waals surface area contributed by atoms with Gasteiger partial charge < -0.3 is 10.6 Å². The van der Waals surface area contributed by atoms with Gasteiger partial charge in [0.15, 0.2) is 0 Å². The molecule has 0 atom stereocenters. The van der Waals surface area contributed by atoms with Gasteiger partial charge in [-0.25, -0.2) is 0 Å². The first-order valence-electron chi connectivity index (χ1n) is 7.03. The van der Waals surface area contributed by atoms with E-state index in [2.05, 4.69) is 10.6 Å². The zero-order valence-corrected chi connectivity index (χ0v) is 12.1. The molecule has 108 valence electrons. The van der Waals surface area contributed by atoms with Crippen LogP contribution in [0.3, 0.4) is 0 Å². The van der Waals surface area contributed by atoms with Crippen LogP contribution in [0.5, 0.6) is 0 Å². The normalized spacial score (nSPS) is 16.2. The Morgan fingerprint density at radius 1 is 1.00 bits per heavy atom. The summed E-state index contributed by atoms with van der Waals surface area (Å²) in [6.45, 7) is 0. The lowest BCUT2D eigenvalue weighted by atomic mass is 10.1. The van der Waals surface area contributed by atoms with Gasteiger partial charge in [-0.3, -0.25) is 9.59 Å². The van der Waals surface area contributed by atoms with Crippen LogP contribution >= 0.6 is 11.6 Å². The van der Waals surface area contributed by atoms with E-state index >= 15 is 0 Å². The van der Waals surface area contributed by atoms with Gasteiger partial charge in [0.1, 0.15) is 0 Å². The van der Waals surface area contributed by atoms with E-state index in [0.717, 1.165) is 25.7 Å². The molecule has 1 aromatic rings. The predicted octanol–water partition coefficient (Wildman–Crippen LogP) is 3.12. The molecule has 0 spiro atoms.